The van der Waals surface area contributed by atoms with E-state index in [2.05, 4.69) is 31.9 Å². The standard InChI is InChI=1S/C16H14BrN5O2/c1-21-10-12(17)9-14(21)16(24)20-19-15(23)11-3-5-13(6-4-11)22-8-2-7-18-22/h2-10H,1H3,(H,19,23)(H,20,24). The first kappa shape index (κ1) is 16.0. The fraction of sp³-hybridized carbons (Fsp3) is 0.0625. The molecule has 2 amide bonds. The number of halogens is 1. The predicted octanol–water partition coefficient (Wildman–Crippen LogP) is 2.05. The highest BCUT2D eigenvalue weighted by Gasteiger charge is 2.12. The van der Waals surface area contributed by atoms with E-state index in [0.29, 0.717) is 11.3 Å². The third-order valence-corrected chi connectivity index (χ3v) is 3.83. The van der Waals surface area contributed by atoms with Crippen molar-refractivity contribution in [3.63, 3.8) is 0 Å². The first-order valence-corrected chi connectivity index (χ1v) is 7.86. The van der Waals surface area contributed by atoms with Crippen molar-refractivity contribution in [1.82, 2.24) is 25.2 Å². The first-order valence-electron chi connectivity index (χ1n) is 7.07. The van der Waals surface area contributed by atoms with Gasteiger partial charge in [0.05, 0.1) is 5.69 Å². The van der Waals surface area contributed by atoms with Crippen molar-refractivity contribution in [2.75, 3.05) is 0 Å². The molecule has 1 aromatic carbocycles. The van der Waals surface area contributed by atoms with E-state index in [1.807, 2.05) is 12.3 Å². The van der Waals surface area contributed by atoms with Crippen LogP contribution in [0.5, 0.6) is 0 Å². The largest absolute Gasteiger partial charge is 0.345 e. The van der Waals surface area contributed by atoms with Crippen molar-refractivity contribution in [1.29, 1.82) is 0 Å². The molecule has 0 aliphatic heterocycles. The predicted molar refractivity (Wildman–Crippen MR) is 91.6 cm³/mol. The molecule has 0 saturated heterocycles. The van der Waals surface area contributed by atoms with Gasteiger partial charge in [-0.15, -0.1) is 0 Å². The molecule has 0 radical (unpaired) electrons. The average molecular weight is 388 g/mol. The second-order valence-electron chi connectivity index (χ2n) is 5.06. The van der Waals surface area contributed by atoms with E-state index >= 15 is 0 Å². The zero-order valence-corrected chi connectivity index (χ0v) is 14.3. The zero-order chi connectivity index (χ0) is 17.1. The molecule has 0 aliphatic carbocycles. The lowest BCUT2D eigenvalue weighted by Gasteiger charge is -2.08. The number of aromatic nitrogens is 3. The molecule has 0 fully saturated rings. The summed E-state index contributed by atoms with van der Waals surface area (Å²) >= 11 is 3.30. The Hall–Kier alpha value is -2.87. The molecule has 2 heterocycles. The summed E-state index contributed by atoms with van der Waals surface area (Å²) < 4.78 is 4.14. The van der Waals surface area contributed by atoms with Crippen LogP contribution in [0.25, 0.3) is 5.69 Å². The maximum Gasteiger partial charge on any atom is 0.286 e. The van der Waals surface area contributed by atoms with Crippen molar-refractivity contribution in [2.24, 2.45) is 7.05 Å². The number of hydrogen-bond donors (Lipinski definition) is 2. The van der Waals surface area contributed by atoms with Gasteiger partial charge in [-0.3, -0.25) is 20.4 Å². The van der Waals surface area contributed by atoms with Crippen LogP contribution in [0.4, 0.5) is 0 Å². The highest BCUT2D eigenvalue weighted by molar-refractivity contribution is 9.10. The highest BCUT2D eigenvalue weighted by Crippen LogP contribution is 2.13. The molecule has 0 saturated carbocycles. The number of aryl methyl sites for hydroxylation is 1. The molecule has 7 nitrogen and oxygen atoms in total. The molecule has 0 aliphatic rings. The SMILES string of the molecule is Cn1cc(Br)cc1C(=O)NNC(=O)c1ccc(-n2cccn2)cc1. The van der Waals surface area contributed by atoms with Crippen molar-refractivity contribution in [3.8, 4) is 5.69 Å². The molecule has 3 rings (SSSR count). The van der Waals surface area contributed by atoms with Gasteiger partial charge in [-0.1, -0.05) is 0 Å². The fourth-order valence-electron chi connectivity index (χ4n) is 2.19. The van der Waals surface area contributed by atoms with Gasteiger partial charge >= 0.3 is 0 Å². The van der Waals surface area contributed by atoms with E-state index in [1.165, 1.54) is 0 Å². The van der Waals surface area contributed by atoms with E-state index in [1.54, 1.807) is 59.0 Å². The van der Waals surface area contributed by atoms with Gasteiger partial charge in [0.15, 0.2) is 0 Å². The number of rotatable bonds is 3. The van der Waals surface area contributed by atoms with Crippen LogP contribution in [0, 0.1) is 0 Å². The minimum atomic E-state index is -0.399. The van der Waals surface area contributed by atoms with Crippen LogP contribution in [0.1, 0.15) is 20.8 Å². The lowest BCUT2D eigenvalue weighted by Crippen LogP contribution is -2.42. The molecule has 0 atom stereocenters. The summed E-state index contributed by atoms with van der Waals surface area (Å²) in [5.41, 5.74) is 6.49. The molecule has 0 unspecified atom stereocenters. The molecule has 8 heteroatoms. The minimum absolute atomic E-state index is 0.398. The molecular formula is C16H14BrN5O2. The number of hydrogen-bond acceptors (Lipinski definition) is 3. The van der Waals surface area contributed by atoms with Gasteiger partial charge in [0.1, 0.15) is 5.69 Å². The summed E-state index contributed by atoms with van der Waals surface area (Å²) in [7, 11) is 1.75. The van der Waals surface area contributed by atoms with E-state index in [0.717, 1.165) is 10.2 Å². The molecule has 0 bridgehead atoms. The summed E-state index contributed by atoms with van der Waals surface area (Å²) in [6, 6.07) is 10.4. The van der Waals surface area contributed by atoms with Crippen LogP contribution in [-0.4, -0.2) is 26.2 Å². The average Bonchev–Trinajstić information content (AvgIpc) is 3.22. The monoisotopic (exact) mass is 387 g/mol. The van der Waals surface area contributed by atoms with Crippen molar-refractivity contribution >= 4 is 27.7 Å². The van der Waals surface area contributed by atoms with E-state index in [4.69, 9.17) is 0 Å². The Labute approximate surface area is 146 Å². The molecular weight excluding hydrogens is 374 g/mol. The Morgan fingerprint density at radius 3 is 2.42 bits per heavy atom. The van der Waals surface area contributed by atoms with Crippen LogP contribution in [0.15, 0.2) is 59.5 Å². The lowest BCUT2D eigenvalue weighted by atomic mass is 10.2. The minimum Gasteiger partial charge on any atom is -0.345 e. The number of nitrogens with zero attached hydrogens (tertiary/aromatic N) is 3. The maximum absolute atomic E-state index is 12.1. The molecule has 0 spiro atoms. The summed E-state index contributed by atoms with van der Waals surface area (Å²) in [6.07, 6.45) is 5.25. The number of amides is 2. The van der Waals surface area contributed by atoms with E-state index in [-0.39, 0.29) is 0 Å². The van der Waals surface area contributed by atoms with Crippen LogP contribution >= 0.6 is 15.9 Å². The van der Waals surface area contributed by atoms with Gasteiger partial charge in [0.2, 0.25) is 0 Å². The normalized spacial score (nSPS) is 10.4. The van der Waals surface area contributed by atoms with Crippen molar-refractivity contribution in [2.45, 2.75) is 0 Å². The molecule has 2 aromatic heterocycles. The zero-order valence-electron chi connectivity index (χ0n) is 12.7. The summed E-state index contributed by atoms with van der Waals surface area (Å²) in [5, 5.41) is 4.12. The van der Waals surface area contributed by atoms with Gasteiger partial charge in [0.25, 0.3) is 11.8 Å². The quantitative estimate of drug-likeness (QED) is 0.674. The van der Waals surface area contributed by atoms with Crippen LogP contribution in [-0.2, 0) is 7.05 Å². The third kappa shape index (κ3) is 3.38. The summed E-state index contributed by atoms with van der Waals surface area (Å²) in [6.45, 7) is 0. The summed E-state index contributed by atoms with van der Waals surface area (Å²) in [5.74, 6) is -0.798. The Morgan fingerprint density at radius 2 is 1.83 bits per heavy atom. The number of carbonyl (C=O) groups is 2. The van der Waals surface area contributed by atoms with Gasteiger partial charge in [-0.05, 0) is 52.3 Å². The Bertz CT molecular complexity index is 869. The lowest BCUT2D eigenvalue weighted by molar-refractivity contribution is 0.0842. The Kier molecular flexibility index (Phi) is 4.48. The maximum atomic E-state index is 12.1. The van der Waals surface area contributed by atoms with Crippen molar-refractivity contribution in [3.05, 3.63) is 70.7 Å². The molecule has 3 aromatic rings. The molecule has 24 heavy (non-hydrogen) atoms. The number of hydrazine groups is 1. The topological polar surface area (TPSA) is 81.0 Å². The second-order valence-corrected chi connectivity index (χ2v) is 5.98. The Balaban J connectivity index is 1.63. The van der Waals surface area contributed by atoms with Gasteiger partial charge < -0.3 is 4.57 Å². The van der Waals surface area contributed by atoms with Gasteiger partial charge in [0, 0.05) is 35.7 Å². The second kappa shape index (κ2) is 6.71. The molecule has 122 valence electrons. The summed E-state index contributed by atoms with van der Waals surface area (Å²) in [4.78, 5) is 24.1. The Morgan fingerprint density at radius 1 is 1.12 bits per heavy atom. The van der Waals surface area contributed by atoms with Crippen LogP contribution in [0.2, 0.25) is 0 Å². The fourth-order valence-corrected chi connectivity index (χ4v) is 2.71. The smallest absolute Gasteiger partial charge is 0.286 e. The van der Waals surface area contributed by atoms with E-state index < -0.39 is 11.8 Å². The van der Waals surface area contributed by atoms with Crippen molar-refractivity contribution < 1.29 is 9.59 Å². The van der Waals surface area contributed by atoms with Crippen LogP contribution in [0.3, 0.4) is 0 Å². The van der Waals surface area contributed by atoms with E-state index in [9.17, 15) is 9.59 Å². The van der Waals surface area contributed by atoms with Crippen LogP contribution < -0.4 is 10.9 Å². The molecule has 2 N–H and O–H groups in total. The van der Waals surface area contributed by atoms with Gasteiger partial charge in [-0.25, -0.2) is 4.68 Å². The number of benzene rings is 1. The number of nitrogens with one attached hydrogen (secondary N) is 2. The van der Waals surface area contributed by atoms with Gasteiger partial charge in [-0.2, -0.15) is 5.10 Å². The highest BCUT2D eigenvalue weighted by atomic mass is 79.9. The number of carbonyl (C=O) groups excluding carboxylic acids is 2. The third-order valence-electron chi connectivity index (χ3n) is 3.39. The first-order chi connectivity index (χ1) is 11.5.